The number of piperidine rings is 1. The lowest BCUT2D eigenvalue weighted by atomic mass is 9.82. The summed E-state index contributed by atoms with van der Waals surface area (Å²) < 4.78 is 0. The van der Waals surface area contributed by atoms with E-state index in [2.05, 4.69) is 44.8 Å². The Bertz CT molecular complexity index is 187. The molecule has 1 N–H and O–H groups in total. The Morgan fingerprint density at radius 2 is 1.73 bits per heavy atom. The third-order valence-corrected chi connectivity index (χ3v) is 3.48. The maximum atomic E-state index is 3.55. The van der Waals surface area contributed by atoms with Gasteiger partial charge in [-0.05, 0) is 51.7 Å². The molecule has 1 fully saturated rings. The van der Waals surface area contributed by atoms with E-state index < -0.39 is 0 Å². The summed E-state index contributed by atoms with van der Waals surface area (Å²) >= 11 is 0. The second-order valence-corrected chi connectivity index (χ2v) is 6.35. The lowest BCUT2D eigenvalue weighted by Crippen LogP contribution is -2.51. The molecule has 1 aliphatic rings. The highest BCUT2D eigenvalue weighted by atomic mass is 15.2. The number of hydrogen-bond acceptors (Lipinski definition) is 2. The second kappa shape index (κ2) is 4.84. The van der Waals surface area contributed by atoms with Crippen LogP contribution in [0.1, 0.15) is 47.5 Å². The van der Waals surface area contributed by atoms with Gasteiger partial charge in [0.2, 0.25) is 0 Å². The van der Waals surface area contributed by atoms with E-state index in [-0.39, 0.29) is 5.54 Å². The standard InChI is InChI=1S/C13H28N2/c1-6-14-13(4,5)11-15-9-7-12(2,3)8-10-15/h14H,6-11H2,1-5H3. The Morgan fingerprint density at radius 1 is 1.20 bits per heavy atom. The molecule has 1 saturated heterocycles. The Labute approximate surface area is 95.4 Å². The molecule has 15 heavy (non-hydrogen) atoms. The molecule has 0 radical (unpaired) electrons. The van der Waals surface area contributed by atoms with E-state index in [0.717, 1.165) is 6.54 Å². The van der Waals surface area contributed by atoms with Crippen LogP contribution in [0.4, 0.5) is 0 Å². The van der Waals surface area contributed by atoms with Gasteiger partial charge >= 0.3 is 0 Å². The first-order valence-corrected chi connectivity index (χ1v) is 6.32. The highest BCUT2D eigenvalue weighted by Gasteiger charge is 2.28. The van der Waals surface area contributed by atoms with Gasteiger partial charge in [-0.3, -0.25) is 0 Å². The molecule has 1 heterocycles. The third-order valence-electron chi connectivity index (χ3n) is 3.48. The summed E-state index contributed by atoms with van der Waals surface area (Å²) in [5.41, 5.74) is 0.828. The summed E-state index contributed by atoms with van der Waals surface area (Å²) in [6.45, 7) is 16.3. The highest BCUT2D eigenvalue weighted by Crippen LogP contribution is 2.30. The predicted octanol–water partition coefficient (Wildman–Crippen LogP) is 2.50. The first-order chi connectivity index (χ1) is 6.85. The van der Waals surface area contributed by atoms with Crippen molar-refractivity contribution in [3.05, 3.63) is 0 Å². The number of likely N-dealkylation sites (tertiary alicyclic amines) is 1. The van der Waals surface area contributed by atoms with Crippen LogP contribution in [0.3, 0.4) is 0 Å². The smallest absolute Gasteiger partial charge is 0.0252 e. The lowest BCUT2D eigenvalue weighted by Gasteiger charge is -2.40. The average Bonchev–Trinajstić information content (AvgIpc) is 2.08. The SMILES string of the molecule is CCNC(C)(C)CN1CCC(C)(C)CC1. The molecule has 1 rings (SSSR count). The van der Waals surface area contributed by atoms with Crippen molar-refractivity contribution in [3.8, 4) is 0 Å². The normalized spacial score (nSPS) is 23.0. The topological polar surface area (TPSA) is 15.3 Å². The van der Waals surface area contributed by atoms with Crippen LogP contribution in [-0.2, 0) is 0 Å². The van der Waals surface area contributed by atoms with Crippen LogP contribution in [0.2, 0.25) is 0 Å². The Kier molecular flexibility index (Phi) is 4.19. The van der Waals surface area contributed by atoms with Gasteiger partial charge in [0.05, 0.1) is 0 Å². The zero-order valence-corrected chi connectivity index (χ0v) is 11.2. The van der Waals surface area contributed by atoms with Gasteiger partial charge in [0.15, 0.2) is 0 Å². The number of nitrogens with zero attached hydrogens (tertiary/aromatic N) is 1. The van der Waals surface area contributed by atoms with Crippen LogP contribution in [-0.4, -0.2) is 36.6 Å². The van der Waals surface area contributed by atoms with E-state index in [4.69, 9.17) is 0 Å². The molecule has 0 aromatic carbocycles. The van der Waals surface area contributed by atoms with E-state index in [1.807, 2.05) is 0 Å². The molecule has 0 spiro atoms. The van der Waals surface area contributed by atoms with Crippen molar-refractivity contribution in [1.82, 2.24) is 10.2 Å². The monoisotopic (exact) mass is 212 g/mol. The molecule has 1 aliphatic heterocycles. The largest absolute Gasteiger partial charge is 0.311 e. The molecule has 0 aromatic rings. The van der Waals surface area contributed by atoms with Crippen LogP contribution >= 0.6 is 0 Å². The summed E-state index contributed by atoms with van der Waals surface area (Å²) in [6, 6.07) is 0. The molecule has 0 unspecified atom stereocenters. The quantitative estimate of drug-likeness (QED) is 0.770. The van der Waals surface area contributed by atoms with E-state index in [0.29, 0.717) is 5.41 Å². The number of hydrogen-bond donors (Lipinski definition) is 1. The van der Waals surface area contributed by atoms with E-state index >= 15 is 0 Å². The van der Waals surface area contributed by atoms with Gasteiger partial charge in [-0.25, -0.2) is 0 Å². The van der Waals surface area contributed by atoms with Crippen LogP contribution in [0, 0.1) is 5.41 Å². The molecule has 0 bridgehead atoms. The Hall–Kier alpha value is -0.0800. The van der Waals surface area contributed by atoms with E-state index in [9.17, 15) is 0 Å². The summed E-state index contributed by atoms with van der Waals surface area (Å²) in [7, 11) is 0. The molecular formula is C13H28N2. The summed E-state index contributed by atoms with van der Waals surface area (Å²) in [5.74, 6) is 0. The van der Waals surface area contributed by atoms with Crippen molar-refractivity contribution >= 4 is 0 Å². The molecule has 2 heteroatoms. The third kappa shape index (κ3) is 4.52. The molecule has 0 aliphatic carbocycles. The molecule has 0 aromatic heterocycles. The fourth-order valence-electron chi connectivity index (χ4n) is 2.41. The summed E-state index contributed by atoms with van der Waals surface area (Å²) in [4.78, 5) is 2.61. The van der Waals surface area contributed by atoms with Crippen molar-refractivity contribution in [1.29, 1.82) is 0 Å². The Morgan fingerprint density at radius 3 is 2.20 bits per heavy atom. The lowest BCUT2D eigenvalue weighted by molar-refractivity contribution is 0.107. The molecule has 90 valence electrons. The van der Waals surface area contributed by atoms with Crippen molar-refractivity contribution in [2.75, 3.05) is 26.2 Å². The van der Waals surface area contributed by atoms with Gasteiger partial charge in [-0.1, -0.05) is 20.8 Å². The van der Waals surface area contributed by atoms with Crippen LogP contribution in [0.15, 0.2) is 0 Å². The molecule has 0 saturated carbocycles. The first-order valence-electron chi connectivity index (χ1n) is 6.32. The van der Waals surface area contributed by atoms with Crippen LogP contribution < -0.4 is 5.32 Å². The van der Waals surface area contributed by atoms with Crippen molar-refractivity contribution in [3.63, 3.8) is 0 Å². The fourth-order valence-corrected chi connectivity index (χ4v) is 2.41. The van der Waals surface area contributed by atoms with Crippen LogP contribution in [0.25, 0.3) is 0 Å². The minimum Gasteiger partial charge on any atom is -0.311 e. The van der Waals surface area contributed by atoms with Gasteiger partial charge in [-0.2, -0.15) is 0 Å². The average molecular weight is 212 g/mol. The first kappa shape index (κ1) is 13.0. The summed E-state index contributed by atoms with van der Waals surface area (Å²) in [5, 5.41) is 3.55. The van der Waals surface area contributed by atoms with Gasteiger partial charge in [0.1, 0.15) is 0 Å². The Balaban J connectivity index is 2.35. The maximum Gasteiger partial charge on any atom is 0.0252 e. The molecule has 0 amide bonds. The van der Waals surface area contributed by atoms with E-state index in [1.165, 1.54) is 32.5 Å². The zero-order chi connectivity index (χ0) is 11.5. The minimum absolute atomic E-state index is 0.260. The van der Waals surface area contributed by atoms with Crippen molar-refractivity contribution < 1.29 is 0 Å². The van der Waals surface area contributed by atoms with Crippen LogP contribution in [0.5, 0.6) is 0 Å². The highest BCUT2D eigenvalue weighted by molar-refractivity contribution is 4.85. The fraction of sp³-hybridized carbons (Fsp3) is 1.00. The molecule has 0 atom stereocenters. The van der Waals surface area contributed by atoms with E-state index in [1.54, 1.807) is 0 Å². The van der Waals surface area contributed by atoms with Crippen molar-refractivity contribution in [2.24, 2.45) is 5.41 Å². The second-order valence-electron chi connectivity index (χ2n) is 6.35. The predicted molar refractivity (Wildman–Crippen MR) is 67.2 cm³/mol. The van der Waals surface area contributed by atoms with Gasteiger partial charge in [-0.15, -0.1) is 0 Å². The van der Waals surface area contributed by atoms with Crippen molar-refractivity contribution in [2.45, 2.75) is 53.0 Å². The number of rotatable bonds is 4. The number of nitrogens with one attached hydrogen (secondary N) is 1. The van der Waals surface area contributed by atoms with Gasteiger partial charge in [0.25, 0.3) is 0 Å². The van der Waals surface area contributed by atoms with Gasteiger partial charge in [0, 0.05) is 12.1 Å². The minimum atomic E-state index is 0.260. The maximum absolute atomic E-state index is 3.55. The summed E-state index contributed by atoms with van der Waals surface area (Å²) in [6.07, 6.45) is 2.68. The van der Waals surface area contributed by atoms with Gasteiger partial charge < -0.3 is 10.2 Å². The zero-order valence-electron chi connectivity index (χ0n) is 11.2. The molecular weight excluding hydrogens is 184 g/mol. The number of likely N-dealkylation sites (N-methyl/N-ethyl adjacent to an activating group) is 1. The molecule has 2 nitrogen and oxygen atoms in total.